The van der Waals surface area contributed by atoms with Crippen LogP contribution in [0.1, 0.15) is 53.1 Å². The first-order valence-electron chi connectivity index (χ1n) is 12.5. The summed E-state index contributed by atoms with van der Waals surface area (Å²) in [7, 11) is 0. The van der Waals surface area contributed by atoms with Gasteiger partial charge in [-0.3, -0.25) is 9.80 Å². The number of carbonyl (C=O) groups is 3. The standard InChI is InChI=1S/C26H38ClN5O4/c1-7-31-20(16-30-13-14-32(17(3)15-30)25(35)29-26(4,5)6)21(23(33)36-8-2)22(28-24(31)34)18-9-11-19(27)12-10-18/h9-12,17,22H,7-8,13-16H2,1-6H3,(H,28,34)(H,29,35)/t17-,22+/m0/s1. The van der Waals surface area contributed by atoms with E-state index in [1.807, 2.05) is 39.5 Å². The third-order valence-corrected chi connectivity index (χ3v) is 6.53. The molecule has 0 saturated carbocycles. The molecule has 10 heteroatoms. The van der Waals surface area contributed by atoms with E-state index in [9.17, 15) is 14.4 Å². The normalized spacial score (nSPS) is 21.4. The zero-order valence-corrected chi connectivity index (χ0v) is 22.8. The molecule has 0 unspecified atom stereocenters. The number of halogens is 1. The van der Waals surface area contributed by atoms with E-state index in [-0.39, 0.29) is 30.2 Å². The van der Waals surface area contributed by atoms with Gasteiger partial charge in [0.1, 0.15) is 0 Å². The van der Waals surface area contributed by atoms with Crippen LogP contribution in [0.25, 0.3) is 0 Å². The molecule has 9 nitrogen and oxygen atoms in total. The summed E-state index contributed by atoms with van der Waals surface area (Å²) in [5, 5.41) is 6.57. The van der Waals surface area contributed by atoms with Crippen LogP contribution in [0.2, 0.25) is 5.02 Å². The molecule has 198 valence electrons. The van der Waals surface area contributed by atoms with Crippen LogP contribution in [-0.2, 0) is 9.53 Å². The summed E-state index contributed by atoms with van der Waals surface area (Å²) < 4.78 is 5.44. The number of urea groups is 2. The third kappa shape index (κ3) is 6.50. The number of hydrogen-bond acceptors (Lipinski definition) is 5. The van der Waals surface area contributed by atoms with E-state index in [2.05, 4.69) is 15.5 Å². The fourth-order valence-corrected chi connectivity index (χ4v) is 4.77. The van der Waals surface area contributed by atoms with Crippen molar-refractivity contribution in [2.24, 2.45) is 0 Å². The van der Waals surface area contributed by atoms with Crippen molar-refractivity contribution in [2.75, 3.05) is 39.3 Å². The second kappa shape index (κ2) is 11.5. The van der Waals surface area contributed by atoms with Crippen molar-refractivity contribution in [1.29, 1.82) is 0 Å². The average Bonchev–Trinajstić information content (AvgIpc) is 2.78. The van der Waals surface area contributed by atoms with Gasteiger partial charge >= 0.3 is 18.0 Å². The molecule has 2 heterocycles. The van der Waals surface area contributed by atoms with Crippen molar-refractivity contribution in [2.45, 2.75) is 59.2 Å². The zero-order valence-electron chi connectivity index (χ0n) is 22.1. The van der Waals surface area contributed by atoms with E-state index in [1.165, 1.54) is 0 Å². The summed E-state index contributed by atoms with van der Waals surface area (Å²) in [4.78, 5) is 44.7. The number of carbonyl (C=O) groups excluding carboxylic acids is 3. The van der Waals surface area contributed by atoms with Gasteiger partial charge < -0.3 is 20.3 Å². The maximum absolute atomic E-state index is 13.2. The highest BCUT2D eigenvalue weighted by Gasteiger charge is 2.39. The topological polar surface area (TPSA) is 94.2 Å². The van der Waals surface area contributed by atoms with Gasteiger partial charge in [-0.1, -0.05) is 23.7 Å². The number of nitrogens with zero attached hydrogens (tertiary/aromatic N) is 3. The van der Waals surface area contributed by atoms with Gasteiger partial charge in [-0.05, 0) is 59.2 Å². The number of hydrogen-bond donors (Lipinski definition) is 2. The van der Waals surface area contributed by atoms with Crippen molar-refractivity contribution < 1.29 is 19.1 Å². The maximum atomic E-state index is 13.2. The molecule has 0 spiro atoms. The molecule has 2 N–H and O–H groups in total. The zero-order chi connectivity index (χ0) is 26.6. The molecule has 2 atom stereocenters. The molecule has 2 aliphatic rings. The Hall–Kier alpha value is -2.78. The molecular formula is C26H38ClN5O4. The quantitative estimate of drug-likeness (QED) is 0.558. The van der Waals surface area contributed by atoms with Crippen LogP contribution >= 0.6 is 11.6 Å². The Kier molecular flexibility index (Phi) is 8.89. The number of benzene rings is 1. The lowest BCUT2D eigenvalue weighted by Crippen LogP contribution is -2.59. The first-order chi connectivity index (χ1) is 16.9. The molecule has 0 bridgehead atoms. The van der Waals surface area contributed by atoms with Crippen LogP contribution in [0, 0.1) is 0 Å². The Morgan fingerprint density at radius 2 is 1.83 bits per heavy atom. The maximum Gasteiger partial charge on any atom is 0.338 e. The summed E-state index contributed by atoms with van der Waals surface area (Å²) in [5.74, 6) is -0.456. The van der Waals surface area contributed by atoms with Gasteiger partial charge in [0.2, 0.25) is 0 Å². The van der Waals surface area contributed by atoms with E-state index < -0.39 is 12.0 Å². The van der Waals surface area contributed by atoms with Crippen molar-refractivity contribution in [1.82, 2.24) is 25.3 Å². The van der Waals surface area contributed by atoms with Crippen molar-refractivity contribution >= 4 is 29.6 Å². The van der Waals surface area contributed by atoms with E-state index in [0.29, 0.717) is 49.0 Å². The Balaban J connectivity index is 1.92. The lowest BCUT2D eigenvalue weighted by Gasteiger charge is -2.43. The van der Waals surface area contributed by atoms with E-state index in [1.54, 1.807) is 36.1 Å². The number of esters is 1. The molecule has 1 aromatic carbocycles. The molecule has 0 radical (unpaired) electrons. The molecular weight excluding hydrogens is 482 g/mol. The van der Waals surface area contributed by atoms with Crippen LogP contribution in [0.3, 0.4) is 0 Å². The fourth-order valence-electron chi connectivity index (χ4n) is 4.65. The molecule has 36 heavy (non-hydrogen) atoms. The second-order valence-electron chi connectivity index (χ2n) is 10.2. The van der Waals surface area contributed by atoms with Crippen LogP contribution in [0.15, 0.2) is 35.5 Å². The summed E-state index contributed by atoms with van der Waals surface area (Å²) >= 11 is 6.08. The largest absolute Gasteiger partial charge is 0.463 e. The van der Waals surface area contributed by atoms with Gasteiger partial charge in [0.05, 0.1) is 18.2 Å². The Morgan fingerprint density at radius 1 is 1.17 bits per heavy atom. The number of amides is 4. The molecule has 1 aromatic rings. The average molecular weight is 520 g/mol. The molecule has 2 aliphatic heterocycles. The highest BCUT2D eigenvalue weighted by molar-refractivity contribution is 6.30. The number of ether oxygens (including phenoxy) is 1. The monoisotopic (exact) mass is 519 g/mol. The smallest absolute Gasteiger partial charge is 0.338 e. The molecule has 3 rings (SSSR count). The predicted octanol–water partition coefficient (Wildman–Crippen LogP) is 3.76. The minimum atomic E-state index is -0.650. The lowest BCUT2D eigenvalue weighted by molar-refractivity contribution is -0.139. The molecule has 4 amide bonds. The van der Waals surface area contributed by atoms with Gasteiger partial charge in [-0.2, -0.15) is 0 Å². The second-order valence-corrected chi connectivity index (χ2v) is 10.7. The summed E-state index contributed by atoms with van der Waals surface area (Å²) in [5.41, 5.74) is 1.47. The Bertz CT molecular complexity index is 1000. The van der Waals surface area contributed by atoms with E-state index >= 15 is 0 Å². The lowest BCUT2D eigenvalue weighted by atomic mass is 9.94. The van der Waals surface area contributed by atoms with Crippen LogP contribution < -0.4 is 10.6 Å². The molecule has 1 fully saturated rings. The van der Waals surface area contributed by atoms with Gasteiger partial charge in [0, 0.05) is 55.0 Å². The highest BCUT2D eigenvalue weighted by Crippen LogP contribution is 2.33. The third-order valence-electron chi connectivity index (χ3n) is 6.28. The molecule has 0 aromatic heterocycles. The summed E-state index contributed by atoms with van der Waals surface area (Å²) in [6.45, 7) is 14.3. The van der Waals surface area contributed by atoms with Crippen LogP contribution in [0.5, 0.6) is 0 Å². The van der Waals surface area contributed by atoms with Crippen molar-refractivity contribution in [3.63, 3.8) is 0 Å². The van der Waals surface area contributed by atoms with Crippen molar-refractivity contribution in [3.05, 3.63) is 46.1 Å². The van der Waals surface area contributed by atoms with Gasteiger partial charge in [-0.15, -0.1) is 0 Å². The summed E-state index contributed by atoms with van der Waals surface area (Å²) in [6, 6.07) is 6.05. The molecule has 1 saturated heterocycles. The first-order valence-corrected chi connectivity index (χ1v) is 12.9. The first kappa shape index (κ1) is 27.8. The SMILES string of the molecule is CCOC(=O)C1=C(CN2CCN(C(=O)NC(C)(C)C)[C@@H](C)C2)N(CC)C(=O)N[C@@H]1c1ccc(Cl)cc1. The molecule has 0 aliphatic carbocycles. The summed E-state index contributed by atoms with van der Waals surface area (Å²) in [6.07, 6.45) is 0. The predicted molar refractivity (Wildman–Crippen MR) is 140 cm³/mol. The fraction of sp³-hybridized carbons (Fsp3) is 0.577. The van der Waals surface area contributed by atoms with Gasteiger partial charge in [0.25, 0.3) is 0 Å². The van der Waals surface area contributed by atoms with Crippen LogP contribution in [0.4, 0.5) is 9.59 Å². The van der Waals surface area contributed by atoms with E-state index in [4.69, 9.17) is 16.3 Å². The van der Waals surface area contributed by atoms with Crippen molar-refractivity contribution in [3.8, 4) is 0 Å². The van der Waals surface area contributed by atoms with E-state index in [0.717, 1.165) is 5.56 Å². The minimum Gasteiger partial charge on any atom is -0.463 e. The van der Waals surface area contributed by atoms with Gasteiger partial charge in [0.15, 0.2) is 0 Å². The number of rotatable bonds is 6. The number of piperazine rings is 1. The number of nitrogens with one attached hydrogen (secondary N) is 2. The Morgan fingerprint density at radius 3 is 2.39 bits per heavy atom. The Labute approximate surface area is 218 Å². The van der Waals surface area contributed by atoms with Gasteiger partial charge in [-0.25, -0.2) is 14.4 Å². The minimum absolute atomic E-state index is 0.0349. The highest BCUT2D eigenvalue weighted by atomic mass is 35.5. The number of likely N-dealkylation sites (N-methyl/N-ethyl adjacent to an activating group) is 1. The van der Waals surface area contributed by atoms with Crippen LogP contribution in [-0.4, -0.2) is 83.6 Å².